The van der Waals surface area contributed by atoms with Gasteiger partial charge in [0.1, 0.15) is 20.3 Å². The lowest BCUT2D eigenvalue weighted by Crippen LogP contribution is -2.16. The third-order valence-corrected chi connectivity index (χ3v) is 3.28. The first-order valence-electron chi connectivity index (χ1n) is 7.14. The fourth-order valence-electron chi connectivity index (χ4n) is 2.16. The molecular weight excluding hydrogens is 296 g/mol. The Balaban J connectivity index is 1.70. The molecule has 23 heavy (non-hydrogen) atoms. The maximum Gasteiger partial charge on any atom is 0.255 e. The average Bonchev–Trinajstić information content (AvgIpc) is 2.60. The van der Waals surface area contributed by atoms with E-state index in [2.05, 4.69) is 15.3 Å². The number of anilines is 1. The Kier molecular flexibility index (Phi) is 4.42. The molecule has 1 aliphatic rings. The predicted molar refractivity (Wildman–Crippen MR) is 86.4 cm³/mol. The van der Waals surface area contributed by atoms with Crippen LogP contribution in [0.2, 0.25) is 0 Å². The molecule has 0 bridgehead atoms. The zero-order valence-corrected chi connectivity index (χ0v) is 12.6. The van der Waals surface area contributed by atoms with E-state index in [1.807, 2.05) is 0 Å². The Morgan fingerprint density at radius 2 is 1.87 bits per heavy atom. The van der Waals surface area contributed by atoms with E-state index in [0.717, 1.165) is 5.56 Å². The summed E-state index contributed by atoms with van der Waals surface area (Å²) in [5.74, 6) is 1.13. The molecule has 1 N–H and O–H groups in total. The van der Waals surface area contributed by atoms with E-state index < -0.39 is 0 Å². The van der Waals surface area contributed by atoms with Gasteiger partial charge in [-0.05, 0) is 29.8 Å². The van der Waals surface area contributed by atoms with Gasteiger partial charge in [0.05, 0.1) is 6.21 Å². The SMILES string of the molecule is CO/N=C/c1ccc(C(=O)Nc2ccc3c(c2)OCCO3)cc1. The van der Waals surface area contributed by atoms with Crippen molar-refractivity contribution in [1.82, 2.24) is 0 Å². The van der Waals surface area contributed by atoms with Crippen LogP contribution in [0.1, 0.15) is 15.9 Å². The second kappa shape index (κ2) is 6.83. The van der Waals surface area contributed by atoms with Gasteiger partial charge in [-0.2, -0.15) is 0 Å². The smallest absolute Gasteiger partial charge is 0.255 e. The van der Waals surface area contributed by atoms with Crippen LogP contribution >= 0.6 is 0 Å². The van der Waals surface area contributed by atoms with Crippen molar-refractivity contribution in [3.63, 3.8) is 0 Å². The topological polar surface area (TPSA) is 69.2 Å². The first-order valence-corrected chi connectivity index (χ1v) is 7.14. The first kappa shape index (κ1) is 14.9. The highest BCUT2D eigenvalue weighted by Crippen LogP contribution is 2.32. The molecule has 2 aromatic carbocycles. The molecule has 0 aliphatic carbocycles. The van der Waals surface area contributed by atoms with Crippen LogP contribution in [0.5, 0.6) is 11.5 Å². The van der Waals surface area contributed by atoms with Gasteiger partial charge >= 0.3 is 0 Å². The summed E-state index contributed by atoms with van der Waals surface area (Å²) in [5, 5.41) is 6.51. The van der Waals surface area contributed by atoms with Crippen molar-refractivity contribution in [2.75, 3.05) is 25.6 Å². The van der Waals surface area contributed by atoms with Gasteiger partial charge in [-0.3, -0.25) is 4.79 Å². The van der Waals surface area contributed by atoms with Crippen molar-refractivity contribution in [3.05, 3.63) is 53.6 Å². The summed E-state index contributed by atoms with van der Waals surface area (Å²) >= 11 is 0. The second-order valence-corrected chi connectivity index (χ2v) is 4.85. The van der Waals surface area contributed by atoms with E-state index in [9.17, 15) is 4.79 Å². The van der Waals surface area contributed by atoms with Crippen LogP contribution in [-0.4, -0.2) is 32.4 Å². The highest BCUT2D eigenvalue weighted by atomic mass is 16.6. The van der Waals surface area contributed by atoms with Gasteiger partial charge in [0.25, 0.3) is 5.91 Å². The minimum Gasteiger partial charge on any atom is -0.486 e. The quantitative estimate of drug-likeness (QED) is 0.696. The van der Waals surface area contributed by atoms with Crippen molar-refractivity contribution in [2.45, 2.75) is 0 Å². The number of carbonyl (C=O) groups is 1. The molecule has 1 heterocycles. The number of oxime groups is 1. The third kappa shape index (κ3) is 3.60. The summed E-state index contributed by atoms with van der Waals surface area (Å²) in [7, 11) is 1.48. The Morgan fingerprint density at radius 3 is 2.61 bits per heavy atom. The van der Waals surface area contributed by atoms with Crippen molar-refractivity contribution >= 4 is 17.8 Å². The summed E-state index contributed by atoms with van der Waals surface area (Å²) in [5.41, 5.74) is 2.06. The van der Waals surface area contributed by atoms with Crippen LogP contribution in [0.3, 0.4) is 0 Å². The maximum atomic E-state index is 12.3. The van der Waals surface area contributed by atoms with Crippen molar-refractivity contribution in [1.29, 1.82) is 0 Å². The number of hydrogen-bond donors (Lipinski definition) is 1. The molecule has 0 radical (unpaired) electrons. The van der Waals surface area contributed by atoms with E-state index in [0.29, 0.717) is 36.0 Å². The van der Waals surface area contributed by atoms with Gasteiger partial charge in [0.2, 0.25) is 0 Å². The minimum absolute atomic E-state index is 0.197. The van der Waals surface area contributed by atoms with Crippen molar-refractivity contribution in [3.8, 4) is 11.5 Å². The monoisotopic (exact) mass is 312 g/mol. The van der Waals surface area contributed by atoms with Crippen LogP contribution in [0.25, 0.3) is 0 Å². The van der Waals surface area contributed by atoms with Gasteiger partial charge in [0, 0.05) is 17.3 Å². The van der Waals surface area contributed by atoms with Gasteiger partial charge < -0.3 is 19.6 Å². The normalized spacial score (nSPS) is 12.9. The fraction of sp³-hybridized carbons (Fsp3) is 0.176. The van der Waals surface area contributed by atoms with Crippen LogP contribution in [0, 0.1) is 0 Å². The van der Waals surface area contributed by atoms with Crippen LogP contribution < -0.4 is 14.8 Å². The first-order chi connectivity index (χ1) is 11.3. The standard InChI is InChI=1S/C17H16N2O4/c1-21-18-11-12-2-4-13(5-3-12)17(20)19-14-6-7-15-16(10-14)23-9-8-22-15/h2-7,10-11H,8-9H2,1H3,(H,19,20)/b18-11+. The van der Waals surface area contributed by atoms with Crippen LogP contribution in [0.15, 0.2) is 47.6 Å². The minimum atomic E-state index is -0.197. The Morgan fingerprint density at radius 1 is 1.13 bits per heavy atom. The summed E-state index contributed by atoms with van der Waals surface area (Å²) in [6, 6.07) is 12.4. The lowest BCUT2D eigenvalue weighted by molar-refractivity contribution is 0.102. The van der Waals surface area contributed by atoms with E-state index in [1.54, 1.807) is 48.7 Å². The van der Waals surface area contributed by atoms with Crippen LogP contribution in [0.4, 0.5) is 5.69 Å². The highest BCUT2D eigenvalue weighted by Gasteiger charge is 2.13. The molecule has 0 saturated carbocycles. The molecule has 0 unspecified atom stereocenters. The summed E-state index contributed by atoms with van der Waals surface area (Å²) in [4.78, 5) is 16.9. The van der Waals surface area contributed by atoms with Gasteiger partial charge in [0.15, 0.2) is 11.5 Å². The molecule has 3 rings (SSSR count). The molecule has 0 saturated heterocycles. The van der Waals surface area contributed by atoms with Gasteiger partial charge in [-0.1, -0.05) is 17.3 Å². The van der Waals surface area contributed by atoms with E-state index in [1.165, 1.54) is 7.11 Å². The second-order valence-electron chi connectivity index (χ2n) is 4.85. The lowest BCUT2D eigenvalue weighted by atomic mass is 10.1. The van der Waals surface area contributed by atoms with E-state index in [4.69, 9.17) is 9.47 Å². The van der Waals surface area contributed by atoms with E-state index in [-0.39, 0.29) is 5.91 Å². The molecule has 1 amide bonds. The Bertz CT molecular complexity index is 726. The highest BCUT2D eigenvalue weighted by molar-refractivity contribution is 6.04. The molecule has 118 valence electrons. The van der Waals surface area contributed by atoms with Gasteiger partial charge in [-0.25, -0.2) is 0 Å². The summed E-state index contributed by atoms with van der Waals surface area (Å²) in [6.07, 6.45) is 1.57. The van der Waals surface area contributed by atoms with E-state index >= 15 is 0 Å². The molecule has 1 aliphatic heterocycles. The number of rotatable bonds is 4. The number of benzene rings is 2. The number of fused-ring (bicyclic) bond motifs is 1. The van der Waals surface area contributed by atoms with Crippen LogP contribution in [-0.2, 0) is 4.84 Å². The average molecular weight is 312 g/mol. The predicted octanol–water partition coefficient (Wildman–Crippen LogP) is 2.69. The fourth-order valence-corrected chi connectivity index (χ4v) is 2.16. The summed E-state index contributed by atoms with van der Waals surface area (Å²) < 4.78 is 11.0. The zero-order valence-electron chi connectivity index (χ0n) is 12.6. The van der Waals surface area contributed by atoms with Gasteiger partial charge in [-0.15, -0.1) is 0 Å². The maximum absolute atomic E-state index is 12.3. The molecule has 0 fully saturated rings. The Hall–Kier alpha value is -3.02. The van der Waals surface area contributed by atoms with Crippen molar-refractivity contribution < 1.29 is 19.1 Å². The third-order valence-electron chi connectivity index (χ3n) is 3.28. The number of nitrogens with zero attached hydrogens (tertiary/aromatic N) is 1. The lowest BCUT2D eigenvalue weighted by Gasteiger charge is -2.19. The number of amides is 1. The number of nitrogens with one attached hydrogen (secondary N) is 1. The number of hydrogen-bond acceptors (Lipinski definition) is 5. The molecule has 0 aromatic heterocycles. The molecule has 6 nitrogen and oxygen atoms in total. The molecule has 6 heteroatoms. The largest absolute Gasteiger partial charge is 0.486 e. The Labute approximate surface area is 133 Å². The summed E-state index contributed by atoms with van der Waals surface area (Å²) in [6.45, 7) is 1.05. The van der Waals surface area contributed by atoms with Crippen molar-refractivity contribution in [2.24, 2.45) is 5.16 Å². The zero-order chi connectivity index (χ0) is 16.1. The number of carbonyl (C=O) groups excluding carboxylic acids is 1. The molecule has 0 spiro atoms. The molecule has 0 atom stereocenters. The molecular formula is C17H16N2O4. The molecule has 2 aromatic rings. The number of ether oxygens (including phenoxy) is 2.